The van der Waals surface area contributed by atoms with E-state index in [1.54, 1.807) is 6.20 Å². The van der Waals surface area contributed by atoms with Crippen LogP contribution >= 0.6 is 11.6 Å². The van der Waals surface area contributed by atoms with Gasteiger partial charge in [-0.25, -0.2) is 14.4 Å². The summed E-state index contributed by atoms with van der Waals surface area (Å²) in [6, 6.07) is 0.173. The number of anilines is 1. The highest BCUT2D eigenvalue weighted by atomic mass is 35.5. The molecule has 4 N–H and O–H groups in total. The molecule has 1 saturated heterocycles. The Bertz CT molecular complexity index is 738. The zero-order chi connectivity index (χ0) is 16.5. The quantitative estimate of drug-likeness (QED) is 0.666. The lowest BCUT2D eigenvalue weighted by Gasteiger charge is -2.24. The number of aromatic nitrogens is 2. The van der Waals surface area contributed by atoms with E-state index in [0.717, 1.165) is 37.1 Å². The molecule has 0 aromatic carbocycles. The Labute approximate surface area is 144 Å². The molecule has 4 rings (SSSR count). The normalized spacial score (nSPS) is 25.7. The van der Waals surface area contributed by atoms with Crippen LogP contribution in [0.3, 0.4) is 0 Å². The number of fused-ring (bicyclic) bond motifs is 1. The van der Waals surface area contributed by atoms with E-state index in [0.29, 0.717) is 10.9 Å². The van der Waals surface area contributed by atoms with Crippen LogP contribution in [0.4, 0.5) is 10.2 Å². The monoisotopic (exact) mass is 348 g/mol. The first-order chi connectivity index (χ1) is 11.7. The predicted octanol–water partition coefficient (Wildman–Crippen LogP) is 1.66. The first-order valence-corrected chi connectivity index (χ1v) is 8.38. The zero-order valence-corrected chi connectivity index (χ0v) is 13.7. The molecule has 0 amide bonds. The third-order valence-electron chi connectivity index (χ3n) is 4.32. The zero-order valence-electron chi connectivity index (χ0n) is 12.9. The second-order valence-electron chi connectivity index (χ2n) is 6.03. The number of nitrogens with zero attached hydrogens (tertiary/aromatic N) is 2. The van der Waals surface area contributed by atoms with Gasteiger partial charge in [-0.2, -0.15) is 0 Å². The number of piperidine rings is 1. The molecule has 3 aliphatic heterocycles. The summed E-state index contributed by atoms with van der Waals surface area (Å²) in [6.45, 7) is 1.81. The van der Waals surface area contributed by atoms with Crippen molar-refractivity contribution in [1.29, 1.82) is 0 Å². The van der Waals surface area contributed by atoms with Crippen molar-refractivity contribution in [2.24, 2.45) is 0 Å². The lowest BCUT2D eigenvalue weighted by molar-refractivity contribution is 0.476. The van der Waals surface area contributed by atoms with Gasteiger partial charge >= 0.3 is 0 Å². The molecule has 0 bridgehead atoms. The Kier molecular flexibility index (Phi) is 4.12. The standard InChI is InChI=1S/C16H18ClFN6/c17-9-4-11-12(7-21-14(11)20-5-9)15-22-8-13(18)16(24-15)23-10-2-1-3-19-6-10/h4-5,7-8,10,14,19-21H,1-3,6H2,(H,22,23,24)/t10-,14?/m1/s1. The van der Waals surface area contributed by atoms with Crippen LogP contribution < -0.4 is 21.3 Å². The van der Waals surface area contributed by atoms with Gasteiger partial charge in [0.15, 0.2) is 17.5 Å². The summed E-state index contributed by atoms with van der Waals surface area (Å²) in [5.74, 6) is 0.266. The fraction of sp³-hybridized carbons (Fsp3) is 0.375. The molecule has 6 nitrogen and oxygen atoms in total. The maximum absolute atomic E-state index is 14.1. The molecule has 2 atom stereocenters. The number of rotatable bonds is 3. The molecule has 126 valence electrons. The average Bonchev–Trinajstić information content (AvgIpc) is 3.01. The van der Waals surface area contributed by atoms with Crippen LogP contribution in [-0.2, 0) is 0 Å². The maximum atomic E-state index is 14.1. The minimum atomic E-state index is -0.443. The van der Waals surface area contributed by atoms with Gasteiger partial charge in [0.1, 0.15) is 6.17 Å². The van der Waals surface area contributed by atoms with Gasteiger partial charge in [-0.1, -0.05) is 11.6 Å². The number of hydrogen-bond acceptors (Lipinski definition) is 6. The first kappa shape index (κ1) is 15.4. The molecule has 0 saturated carbocycles. The van der Waals surface area contributed by atoms with Gasteiger partial charge in [0.25, 0.3) is 0 Å². The van der Waals surface area contributed by atoms with Crippen LogP contribution in [0.2, 0.25) is 0 Å². The lowest BCUT2D eigenvalue weighted by Crippen LogP contribution is -2.38. The Balaban J connectivity index is 1.60. The van der Waals surface area contributed by atoms with Crippen molar-refractivity contribution >= 4 is 23.0 Å². The smallest absolute Gasteiger partial charge is 0.183 e. The summed E-state index contributed by atoms with van der Waals surface area (Å²) in [5, 5.41) is 13.4. The van der Waals surface area contributed by atoms with E-state index in [4.69, 9.17) is 11.6 Å². The largest absolute Gasteiger partial charge is 0.367 e. The molecule has 0 spiro atoms. The highest BCUT2D eigenvalue weighted by Gasteiger charge is 2.28. The molecule has 24 heavy (non-hydrogen) atoms. The van der Waals surface area contributed by atoms with E-state index in [2.05, 4.69) is 31.2 Å². The number of dihydropyridines is 1. The van der Waals surface area contributed by atoms with Gasteiger partial charge in [0, 0.05) is 36.1 Å². The topological polar surface area (TPSA) is 73.9 Å². The minimum absolute atomic E-state index is 0.0601. The predicted molar refractivity (Wildman–Crippen MR) is 91.6 cm³/mol. The summed E-state index contributed by atoms with van der Waals surface area (Å²) in [7, 11) is 0. The van der Waals surface area contributed by atoms with Crippen molar-refractivity contribution in [3.63, 3.8) is 0 Å². The van der Waals surface area contributed by atoms with Crippen molar-refractivity contribution in [3.05, 3.63) is 46.9 Å². The van der Waals surface area contributed by atoms with Gasteiger partial charge in [0.05, 0.1) is 11.2 Å². The summed E-state index contributed by atoms with van der Waals surface area (Å²) >= 11 is 6.07. The van der Waals surface area contributed by atoms with Crippen molar-refractivity contribution < 1.29 is 4.39 Å². The van der Waals surface area contributed by atoms with Gasteiger partial charge in [-0.3, -0.25) is 0 Å². The third-order valence-corrected chi connectivity index (χ3v) is 4.54. The highest BCUT2D eigenvalue weighted by Crippen LogP contribution is 2.31. The van der Waals surface area contributed by atoms with Gasteiger partial charge in [-0.05, 0) is 25.5 Å². The lowest BCUT2D eigenvalue weighted by atomic mass is 10.0. The Morgan fingerprint density at radius 1 is 1.29 bits per heavy atom. The van der Waals surface area contributed by atoms with Gasteiger partial charge in [0.2, 0.25) is 0 Å². The molecule has 1 fully saturated rings. The summed E-state index contributed by atoms with van der Waals surface area (Å²) in [5.41, 5.74) is 1.75. The molecule has 1 unspecified atom stereocenters. The van der Waals surface area contributed by atoms with Crippen LogP contribution in [0.5, 0.6) is 0 Å². The average molecular weight is 349 g/mol. The van der Waals surface area contributed by atoms with Crippen LogP contribution in [-0.4, -0.2) is 35.3 Å². The molecular formula is C16H18ClFN6. The van der Waals surface area contributed by atoms with E-state index < -0.39 is 5.82 Å². The number of halogens is 2. The van der Waals surface area contributed by atoms with Crippen LogP contribution in [0.1, 0.15) is 18.7 Å². The summed E-state index contributed by atoms with van der Waals surface area (Å²) < 4.78 is 14.1. The third kappa shape index (κ3) is 2.97. The Morgan fingerprint density at radius 2 is 2.17 bits per heavy atom. The number of nitrogens with one attached hydrogen (secondary N) is 4. The van der Waals surface area contributed by atoms with Gasteiger partial charge < -0.3 is 21.3 Å². The second kappa shape index (κ2) is 6.41. The van der Waals surface area contributed by atoms with Crippen molar-refractivity contribution in [2.45, 2.75) is 25.0 Å². The molecular weight excluding hydrogens is 331 g/mol. The van der Waals surface area contributed by atoms with Gasteiger partial charge in [-0.15, -0.1) is 0 Å². The maximum Gasteiger partial charge on any atom is 0.183 e. The van der Waals surface area contributed by atoms with Crippen LogP contribution in [0.25, 0.3) is 5.57 Å². The molecule has 1 aromatic heterocycles. The molecule has 3 aliphatic rings. The molecule has 1 aromatic rings. The van der Waals surface area contributed by atoms with Crippen LogP contribution in [0, 0.1) is 5.82 Å². The number of allylic oxidation sites excluding steroid dienone is 2. The van der Waals surface area contributed by atoms with Crippen molar-refractivity contribution in [2.75, 3.05) is 18.4 Å². The van der Waals surface area contributed by atoms with E-state index in [9.17, 15) is 4.39 Å². The number of hydrogen-bond donors (Lipinski definition) is 4. The minimum Gasteiger partial charge on any atom is -0.367 e. The molecule has 0 radical (unpaired) electrons. The molecule has 0 aliphatic carbocycles. The molecule has 4 heterocycles. The van der Waals surface area contributed by atoms with E-state index in [1.165, 1.54) is 6.20 Å². The fourth-order valence-corrected chi connectivity index (χ4v) is 3.29. The van der Waals surface area contributed by atoms with E-state index >= 15 is 0 Å². The second-order valence-corrected chi connectivity index (χ2v) is 6.47. The summed E-state index contributed by atoms with van der Waals surface area (Å²) in [4.78, 5) is 8.55. The first-order valence-electron chi connectivity index (χ1n) is 8.01. The van der Waals surface area contributed by atoms with Crippen molar-refractivity contribution in [1.82, 2.24) is 25.9 Å². The van der Waals surface area contributed by atoms with Crippen LogP contribution in [0.15, 0.2) is 35.3 Å². The highest BCUT2D eigenvalue weighted by molar-refractivity contribution is 6.31. The van der Waals surface area contributed by atoms with E-state index in [-0.39, 0.29) is 18.0 Å². The summed E-state index contributed by atoms with van der Waals surface area (Å²) in [6.07, 6.45) is 8.63. The van der Waals surface area contributed by atoms with E-state index in [1.807, 2.05) is 12.3 Å². The Hall–Kier alpha value is -2.12. The molecule has 8 heteroatoms. The Morgan fingerprint density at radius 3 is 3.00 bits per heavy atom. The SMILES string of the molecule is Fc1cnc(C2=CNC3NC=C(Cl)C=C23)nc1N[C@@H]1CCCNC1. The van der Waals surface area contributed by atoms with Crippen molar-refractivity contribution in [3.8, 4) is 0 Å². The fourth-order valence-electron chi connectivity index (χ4n) is 3.11.